The second-order valence-electron chi connectivity index (χ2n) is 7.76. The molecule has 1 N–H and O–H groups in total. The molecule has 0 saturated carbocycles. The highest BCUT2D eigenvalue weighted by Gasteiger charge is 2.32. The number of carbonyl (C=O) groups excluding carboxylic acids is 1. The molecule has 0 unspecified atom stereocenters. The van der Waals surface area contributed by atoms with Gasteiger partial charge in [0, 0.05) is 29.2 Å². The van der Waals surface area contributed by atoms with Gasteiger partial charge in [0.15, 0.2) is 6.61 Å². The molecule has 7 nitrogen and oxygen atoms in total. The van der Waals surface area contributed by atoms with Gasteiger partial charge in [-0.25, -0.2) is 4.39 Å². The van der Waals surface area contributed by atoms with Gasteiger partial charge >= 0.3 is 0 Å². The minimum absolute atomic E-state index is 0.00440. The molecule has 3 aromatic rings. The van der Waals surface area contributed by atoms with Crippen molar-refractivity contribution >= 4 is 29.1 Å². The van der Waals surface area contributed by atoms with Crippen molar-refractivity contribution < 1.29 is 18.3 Å². The van der Waals surface area contributed by atoms with Crippen LogP contribution >= 0.6 is 23.2 Å². The van der Waals surface area contributed by atoms with Gasteiger partial charge in [0.2, 0.25) is 11.8 Å². The number of rotatable bonds is 7. The van der Waals surface area contributed by atoms with Crippen LogP contribution in [0, 0.1) is 5.82 Å². The second-order valence-corrected chi connectivity index (χ2v) is 8.61. The van der Waals surface area contributed by atoms with Gasteiger partial charge in [-0.3, -0.25) is 9.69 Å². The molecule has 0 aliphatic carbocycles. The third-order valence-electron chi connectivity index (χ3n) is 5.53. The van der Waals surface area contributed by atoms with Crippen LogP contribution in [0.25, 0.3) is 11.5 Å². The molecule has 2 heterocycles. The van der Waals surface area contributed by atoms with Crippen molar-refractivity contribution in [2.24, 2.45) is 0 Å². The predicted molar refractivity (Wildman–Crippen MR) is 123 cm³/mol. The van der Waals surface area contributed by atoms with E-state index in [9.17, 15) is 9.18 Å². The number of nitrogens with zero attached hydrogens (tertiary/aromatic N) is 3. The lowest BCUT2D eigenvalue weighted by Crippen LogP contribution is -2.49. The van der Waals surface area contributed by atoms with Crippen LogP contribution in [-0.2, 0) is 4.79 Å². The Bertz CT molecular complexity index is 1110. The van der Waals surface area contributed by atoms with Crippen LogP contribution in [0.4, 0.5) is 4.39 Å². The molecule has 1 aliphatic rings. The molecule has 1 aliphatic heterocycles. The van der Waals surface area contributed by atoms with E-state index in [1.165, 1.54) is 12.1 Å². The summed E-state index contributed by atoms with van der Waals surface area (Å²) in [7, 11) is 0. The number of hydrogen-bond donors (Lipinski definition) is 1. The zero-order chi connectivity index (χ0) is 23.4. The first-order chi connectivity index (χ1) is 15.9. The molecule has 174 valence electrons. The third kappa shape index (κ3) is 5.82. The lowest BCUT2D eigenvalue weighted by molar-refractivity contribution is -0.124. The zero-order valence-electron chi connectivity index (χ0n) is 17.9. The van der Waals surface area contributed by atoms with E-state index in [1.54, 1.807) is 12.1 Å². The van der Waals surface area contributed by atoms with Crippen molar-refractivity contribution in [2.45, 2.75) is 31.8 Å². The van der Waals surface area contributed by atoms with Gasteiger partial charge in [-0.1, -0.05) is 30.1 Å². The van der Waals surface area contributed by atoms with Gasteiger partial charge in [-0.05, 0) is 55.8 Å². The van der Waals surface area contributed by atoms with E-state index >= 15 is 0 Å². The summed E-state index contributed by atoms with van der Waals surface area (Å²) in [4.78, 5) is 14.5. The highest BCUT2D eigenvalue weighted by molar-refractivity contribution is 6.31. The first-order valence-electron chi connectivity index (χ1n) is 10.6. The predicted octanol–water partition coefficient (Wildman–Crippen LogP) is 4.90. The Labute approximate surface area is 200 Å². The number of carbonyl (C=O) groups is 1. The fourth-order valence-electron chi connectivity index (χ4n) is 3.85. The van der Waals surface area contributed by atoms with Gasteiger partial charge in [0.05, 0.1) is 11.1 Å². The molecule has 33 heavy (non-hydrogen) atoms. The summed E-state index contributed by atoms with van der Waals surface area (Å²) in [6.45, 7) is 3.24. The van der Waals surface area contributed by atoms with E-state index in [-0.39, 0.29) is 35.4 Å². The molecular weight excluding hydrogens is 470 g/mol. The van der Waals surface area contributed by atoms with Crippen molar-refractivity contribution in [3.05, 3.63) is 64.2 Å². The molecule has 1 amide bonds. The summed E-state index contributed by atoms with van der Waals surface area (Å²) < 4.78 is 24.8. The molecule has 4 rings (SSSR count). The molecule has 1 fully saturated rings. The molecule has 1 saturated heterocycles. The smallest absolute Gasteiger partial charge is 0.258 e. The summed E-state index contributed by atoms with van der Waals surface area (Å²) in [6.07, 6.45) is 1.51. The first kappa shape index (κ1) is 23.5. The lowest BCUT2D eigenvalue weighted by Gasteiger charge is -2.37. The highest BCUT2D eigenvalue weighted by Crippen LogP contribution is 2.32. The van der Waals surface area contributed by atoms with Crippen molar-refractivity contribution in [3.63, 3.8) is 0 Å². The number of piperidine rings is 1. The zero-order valence-corrected chi connectivity index (χ0v) is 19.4. The van der Waals surface area contributed by atoms with Gasteiger partial charge in [0.1, 0.15) is 11.6 Å². The molecule has 10 heteroatoms. The van der Waals surface area contributed by atoms with E-state index in [0.717, 1.165) is 31.0 Å². The molecule has 2 aromatic carbocycles. The number of amides is 1. The van der Waals surface area contributed by atoms with Gasteiger partial charge in [-0.2, -0.15) is 0 Å². The van der Waals surface area contributed by atoms with E-state index in [2.05, 4.69) is 20.4 Å². The fourth-order valence-corrected chi connectivity index (χ4v) is 4.10. The average Bonchev–Trinajstić information content (AvgIpc) is 3.30. The number of likely N-dealkylation sites (tertiary alicyclic amines) is 1. The second kappa shape index (κ2) is 10.5. The highest BCUT2D eigenvalue weighted by atomic mass is 35.5. The average molecular weight is 493 g/mol. The molecule has 2 atom stereocenters. The summed E-state index contributed by atoms with van der Waals surface area (Å²) in [5.74, 6) is 0.391. The molecular formula is C23H23Cl2FN4O3. The van der Waals surface area contributed by atoms with Gasteiger partial charge < -0.3 is 14.5 Å². The summed E-state index contributed by atoms with van der Waals surface area (Å²) in [6, 6.07) is 11.2. The first-order valence-corrected chi connectivity index (χ1v) is 11.4. The summed E-state index contributed by atoms with van der Waals surface area (Å²) >= 11 is 11.6. The van der Waals surface area contributed by atoms with Crippen LogP contribution in [0.5, 0.6) is 5.75 Å². The number of benzene rings is 2. The van der Waals surface area contributed by atoms with Crippen molar-refractivity contribution in [1.82, 2.24) is 20.4 Å². The van der Waals surface area contributed by atoms with E-state index < -0.39 is 5.82 Å². The maximum atomic E-state index is 13.5. The summed E-state index contributed by atoms with van der Waals surface area (Å²) in [5, 5.41) is 12.1. The van der Waals surface area contributed by atoms with Gasteiger partial charge in [0.25, 0.3) is 5.91 Å². The van der Waals surface area contributed by atoms with E-state index in [0.29, 0.717) is 23.3 Å². The maximum Gasteiger partial charge on any atom is 0.258 e. The Morgan fingerprint density at radius 2 is 2.00 bits per heavy atom. The minimum Gasteiger partial charge on any atom is -0.484 e. The summed E-state index contributed by atoms with van der Waals surface area (Å²) in [5.41, 5.74) is 0.808. The quantitative estimate of drug-likeness (QED) is 0.504. The Morgan fingerprint density at radius 3 is 2.73 bits per heavy atom. The Hall–Kier alpha value is -2.68. The van der Waals surface area contributed by atoms with Crippen molar-refractivity contribution in [2.75, 3.05) is 19.7 Å². The van der Waals surface area contributed by atoms with Crippen LogP contribution in [-0.4, -0.2) is 46.7 Å². The van der Waals surface area contributed by atoms with Crippen molar-refractivity contribution in [1.29, 1.82) is 0 Å². The van der Waals surface area contributed by atoms with E-state index in [1.807, 2.05) is 19.1 Å². The monoisotopic (exact) mass is 492 g/mol. The molecule has 0 spiro atoms. The normalized spacial score (nSPS) is 18.8. The van der Waals surface area contributed by atoms with E-state index in [4.69, 9.17) is 32.4 Å². The van der Waals surface area contributed by atoms with Gasteiger partial charge in [-0.15, -0.1) is 10.2 Å². The van der Waals surface area contributed by atoms with Crippen LogP contribution < -0.4 is 10.1 Å². The standard InChI is InChI=1S/C23H23Cl2FN4O3/c1-2-30-12-16(27-21(31)13-32-17-8-9-18(25)19(26)11-17)7-10-20(30)23-29-28-22(33-23)14-3-5-15(24)6-4-14/h3-6,8-9,11,16,20H,2,7,10,12-13H2,1H3,(H,27,31)/t16-,20+/m1/s1. The Kier molecular flexibility index (Phi) is 7.47. The third-order valence-corrected chi connectivity index (χ3v) is 6.09. The number of ether oxygens (including phenoxy) is 1. The topological polar surface area (TPSA) is 80.5 Å². The van der Waals surface area contributed by atoms with Crippen LogP contribution in [0.3, 0.4) is 0 Å². The van der Waals surface area contributed by atoms with Crippen LogP contribution in [0.1, 0.15) is 31.7 Å². The molecule has 1 aromatic heterocycles. The number of aromatic nitrogens is 2. The Morgan fingerprint density at radius 1 is 1.21 bits per heavy atom. The van der Waals surface area contributed by atoms with Crippen LogP contribution in [0.15, 0.2) is 46.9 Å². The molecule has 0 bridgehead atoms. The van der Waals surface area contributed by atoms with Crippen LogP contribution in [0.2, 0.25) is 10.0 Å². The van der Waals surface area contributed by atoms with Crippen molar-refractivity contribution in [3.8, 4) is 17.2 Å². The minimum atomic E-state index is -0.591. The molecule has 0 radical (unpaired) electrons. The SMILES string of the molecule is CCN1C[C@H](NC(=O)COc2ccc(Cl)c(F)c2)CC[C@H]1c1nnc(-c2ccc(Cl)cc2)o1. The number of likely N-dealkylation sites (N-methyl/N-ethyl adjacent to an activating group) is 1. The number of hydrogen-bond acceptors (Lipinski definition) is 6. The fraction of sp³-hybridized carbons (Fsp3) is 0.348. The Balaban J connectivity index is 1.32. The largest absolute Gasteiger partial charge is 0.484 e. The number of nitrogens with one attached hydrogen (secondary N) is 1. The lowest BCUT2D eigenvalue weighted by atomic mass is 9.98. The number of halogens is 3. The maximum absolute atomic E-state index is 13.5.